The highest BCUT2D eigenvalue weighted by Gasteiger charge is 2.28. The molecule has 0 spiro atoms. The van der Waals surface area contributed by atoms with E-state index in [9.17, 15) is 4.39 Å². The first-order valence-corrected chi connectivity index (χ1v) is 10.7. The lowest BCUT2D eigenvalue weighted by molar-refractivity contribution is -0.0172. The molecule has 4 rings (SSSR count). The smallest absolute Gasteiger partial charge is 0.193 e. The summed E-state index contributed by atoms with van der Waals surface area (Å²) in [5.74, 6) is 2.54. The summed E-state index contributed by atoms with van der Waals surface area (Å²) in [5.41, 5.74) is 3.07. The molecule has 5 nitrogen and oxygen atoms in total. The Balaban J connectivity index is 0.00000272. The fraction of sp³-hybridized carbons (Fsp3) is 0.458. The van der Waals surface area contributed by atoms with E-state index < -0.39 is 0 Å². The lowest BCUT2D eigenvalue weighted by Crippen LogP contribution is -2.48. The number of nitrogens with one attached hydrogen (secondary N) is 1. The van der Waals surface area contributed by atoms with Crippen molar-refractivity contribution in [2.24, 2.45) is 10.9 Å². The van der Waals surface area contributed by atoms with Crippen LogP contribution in [0.3, 0.4) is 0 Å². The van der Waals surface area contributed by atoms with Crippen LogP contribution in [0, 0.1) is 11.7 Å². The van der Waals surface area contributed by atoms with Gasteiger partial charge in [0.25, 0.3) is 0 Å². The lowest BCUT2D eigenvalue weighted by Gasteiger charge is -2.39. The Labute approximate surface area is 201 Å². The quantitative estimate of drug-likeness (QED) is 0.352. The zero-order chi connectivity index (χ0) is 20.9. The second-order valence-electron chi connectivity index (χ2n) is 8.12. The van der Waals surface area contributed by atoms with E-state index in [4.69, 9.17) is 9.47 Å². The van der Waals surface area contributed by atoms with Crippen LogP contribution >= 0.6 is 24.0 Å². The van der Waals surface area contributed by atoms with E-state index in [0.717, 1.165) is 42.3 Å². The van der Waals surface area contributed by atoms with Gasteiger partial charge in [-0.3, -0.25) is 4.99 Å². The van der Waals surface area contributed by atoms with Gasteiger partial charge in [0.2, 0.25) is 0 Å². The fourth-order valence-electron chi connectivity index (χ4n) is 4.62. The molecule has 2 heterocycles. The SMILES string of the molecule is CN=C(NCCc1cc(F)cc2c1OCOC2)N1CCC(c2ccccc2)C(C)C1.I. The summed E-state index contributed by atoms with van der Waals surface area (Å²) in [5, 5.41) is 3.46. The summed E-state index contributed by atoms with van der Waals surface area (Å²) < 4.78 is 24.8. The van der Waals surface area contributed by atoms with Crippen molar-refractivity contribution in [2.75, 3.05) is 33.5 Å². The number of nitrogens with zero attached hydrogens (tertiary/aromatic N) is 2. The molecule has 1 fully saturated rings. The molecule has 168 valence electrons. The Kier molecular flexibility index (Phi) is 8.54. The van der Waals surface area contributed by atoms with Crippen LogP contribution in [0.5, 0.6) is 5.75 Å². The van der Waals surface area contributed by atoms with Crippen LogP contribution in [0.25, 0.3) is 0 Å². The van der Waals surface area contributed by atoms with Crippen molar-refractivity contribution in [1.82, 2.24) is 10.2 Å². The summed E-state index contributed by atoms with van der Waals surface area (Å²) in [7, 11) is 1.82. The van der Waals surface area contributed by atoms with E-state index in [2.05, 4.69) is 52.5 Å². The third-order valence-corrected chi connectivity index (χ3v) is 6.07. The molecule has 2 aliphatic heterocycles. The molecule has 1 N–H and O–H groups in total. The van der Waals surface area contributed by atoms with Gasteiger partial charge in [0, 0.05) is 32.2 Å². The van der Waals surface area contributed by atoms with Gasteiger partial charge < -0.3 is 19.7 Å². The number of rotatable bonds is 4. The normalized spacial score (nSPS) is 21.0. The fourth-order valence-corrected chi connectivity index (χ4v) is 4.62. The van der Waals surface area contributed by atoms with E-state index in [-0.39, 0.29) is 36.6 Å². The van der Waals surface area contributed by atoms with Crippen LogP contribution in [0.1, 0.15) is 36.0 Å². The van der Waals surface area contributed by atoms with E-state index >= 15 is 0 Å². The molecule has 2 aromatic rings. The minimum absolute atomic E-state index is 0. The first kappa shape index (κ1) is 23.8. The third kappa shape index (κ3) is 5.68. The van der Waals surface area contributed by atoms with Crippen molar-refractivity contribution in [3.63, 3.8) is 0 Å². The predicted molar refractivity (Wildman–Crippen MR) is 132 cm³/mol. The largest absolute Gasteiger partial charge is 0.467 e. The Morgan fingerprint density at radius 3 is 2.81 bits per heavy atom. The molecular weight excluding hydrogens is 508 g/mol. The number of hydrogen-bond donors (Lipinski definition) is 1. The molecule has 1 saturated heterocycles. The summed E-state index contributed by atoms with van der Waals surface area (Å²) in [6.45, 7) is 5.53. The number of guanidine groups is 1. The molecule has 7 heteroatoms. The third-order valence-electron chi connectivity index (χ3n) is 6.07. The van der Waals surface area contributed by atoms with Crippen molar-refractivity contribution in [3.8, 4) is 5.75 Å². The van der Waals surface area contributed by atoms with Gasteiger partial charge >= 0.3 is 0 Å². The number of halogens is 2. The maximum Gasteiger partial charge on any atom is 0.193 e. The van der Waals surface area contributed by atoms with Crippen LogP contribution in [0.4, 0.5) is 4.39 Å². The summed E-state index contributed by atoms with van der Waals surface area (Å²) in [4.78, 5) is 6.82. The molecule has 2 aliphatic rings. The van der Waals surface area contributed by atoms with Gasteiger partial charge in [-0.25, -0.2) is 4.39 Å². The van der Waals surface area contributed by atoms with Gasteiger partial charge in [0.15, 0.2) is 12.8 Å². The van der Waals surface area contributed by atoms with Crippen molar-refractivity contribution >= 4 is 29.9 Å². The summed E-state index contributed by atoms with van der Waals surface area (Å²) in [6.07, 6.45) is 1.77. The van der Waals surface area contributed by atoms with E-state index in [0.29, 0.717) is 31.4 Å². The second-order valence-corrected chi connectivity index (χ2v) is 8.12. The van der Waals surface area contributed by atoms with E-state index in [1.807, 2.05) is 7.05 Å². The lowest BCUT2D eigenvalue weighted by atomic mass is 9.82. The standard InChI is InChI=1S/C24H30FN3O2.HI/c1-17-14-28(11-9-22(17)18-6-4-3-5-7-18)24(26-2)27-10-8-19-12-21(25)13-20-15-29-16-30-23(19)20;/h3-7,12-13,17,22H,8-11,14-16H2,1-2H3,(H,26,27);1H. The average molecular weight is 539 g/mol. The molecule has 0 bridgehead atoms. The van der Waals surface area contributed by atoms with Crippen LogP contribution in [-0.4, -0.2) is 44.3 Å². The van der Waals surface area contributed by atoms with Crippen molar-refractivity contribution < 1.29 is 13.9 Å². The Morgan fingerprint density at radius 2 is 2.06 bits per heavy atom. The molecular formula is C24H31FIN3O2. The van der Waals surface area contributed by atoms with Gasteiger partial charge in [-0.05, 0) is 47.9 Å². The molecule has 0 aromatic heterocycles. The number of fused-ring (bicyclic) bond motifs is 1. The minimum Gasteiger partial charge on any atom is -0.467 e. The molecule has 2 unspecified atom stereocenters. The number of piperidine rings is 1. The zero-order valence-corrected chi connectivity index (χ0v) is 20.5. The van der Waals surface area contributed by atoms with E-state index in [1.165, 1.54) is 11.6 Å². The minimum atomic E-state index is -0.251. The maximum absolute atomic E-state index is 14.0. The highest BCUT2D eigenvalue weighted by molar-refractivity contribution is 14.0. The van der Waals surface area contributed by atoms with Crippen molar-refractivity contribution in [1.29, 1.82) is 0 Å². The van der Waals surface area contributed by atoms with Gasteiger partial charge in [-0.15, -0.1) is 24.0 Å². The number of hydrogen-bond acceptors (Lipinski definition) is 3. The maximum atomic E-state index is 14.0. The Morgan fingerprint density at radius 1 is 1.26 bits per heavy atom. The zero-order valence-electron chi connectivity index (χ0n) is 18.1. The van der Waals surface area contributed by atoms with Crippen molar-refractivity contribution in [3.05, 3.63) is 65.0 Å². The molecule has 2 atom stereocenters. The average Bonchev–Trinajstić information content (AvgIpc) is 2.77. The molecule has 2 aromatic carbocycles. The van der Waals surface area contributed by atoms with E-state index in [1.54, 1.807) is 6.07 Å². The van der Waals surface area contributed by atoms with Crippen molar-refractivity contribution in [2.45, 2.75) is 32.3 Å². The van der Waals surface area contributed by atoms with Gasteiger partial charge in [-0.1, -0.05) is 37.3 Å². The molecule has 0 aliphatic carbocycles. The highest BCUT2D eigenvalue weighted by atomic mass is 127. The van der Waals surface area contributed by atoms with Crippen LogP contribution in [0.2, 0.25) is 0 Å². The number of likely N-dealkylation sites (tertiary alicyclic amines) is 1. The van der Waals surface area contributed by atoms with Crippen LogP contribution in [-0.2, 0) is 17.8 Å². The van der Waals surface area contributed by atoms with Gasteiger partial charge in [-0.2, -0.15) is 0 Å². The number of benzene rings is 2. The molecule has 0 radical (unpaired) electrons. The number of aliphatic imine (C=N–C) groups is 1. The Bertz CT molecular complexity index is 894. The van der Waals surface area contributed by atoms with Gasteiger partial charge in [0.05, 0.1) is 6.61 Å². The molecule has 0 saturated carbocycles. The van der Waals surface area contributed by atoms with Crippen LogP contribution < -0.4 is 10.1 Å². The Hall–Kier alpha value is -1.87. The monoisotopic (exact) mass is 539 g/mol. The highest BCUT2D eigenvalue weighted by Crippen LogP contribution is 2.33. The predicted octanol–water partition coefficient (Wildman–Crippen LogP) is 4.55. The van der Waals surface area contributed by atoms with Gasteiger partial charge in [0.1, 0.15) is 11.6 Å². The topological polar surface area (TPSA) is 46.1 Å². The summed E-state index contributed by atoms with van der Waals surface area (Å²) >= 11 is 0. The molecule has 31 heavy (non-hydrogen) atoms. The molecule has 0 amide bonds. The first-order chi connectivity index (χ1) is 14.7. The second kappa shape index (κ2) is 11.1. The number of ether oxygens (including phenoxy) is 2. The first-order valence-electron chi connectivity index (χ1n) is 10.7. The van der Waals surface area contributed by atoms with Crippen LogP contribution in [0.15, 0.2) is 47.5 Å². The summed E-state index contributed by atoms with van der Waals surface area (Å²) in [6, 6.07) is 13.8.